The Hall–Kier alpha value is -3.48. The topological polar surface area (TPSA) is 90.3 Å². The van der Waals surface area contributed by atoms with Gasteiger partial charge in [-0.25, -0.2) is 9.78 Å². The van der Waals surface area contributed by atoms with Crippen molar-refractivity contribution in [3.05, 3.63) is 69.8 Å². The molecule has 0 atom stereocenters. The number of ether oxygens (including phenoxy) is 1. The van der Waals surface area contributed by atoms with E-state index >= 15 is 0 Å². The zero-order valence-electron chi connectivity index (χ0n) is 16.0. The zero-order chi connectivity index (χ0) is 20.3. The molecule has 0 spiro atoms. The number of esters is 1. The maximum atomic E-state index is 12.6. The lowest BCUT2D eigenvalue weighted by Crippen LogP contribution is -2.24. The zero-order valence-corrected chi connectivity index (χ0v) is 16.0. The smallest absolute Gasteiger partial charge is 0.338 e. The molecule has 1 N–H and O–H groups in total. The number of aryl methyl sites for hydroxylation is 2. The van der Waals surface area contributed by atoms with Crippen LogP contribution in [0.1, 0.15) is 27.9 Å². The van der Waals surface area contributed by atoms with Crippen LogP contribution in [0.25, 0.3) is 10.9 Å². The second kappa shape index (κ2) is 8.04. The Morgan fingerprint density at radius 2 is 1.89 bits per heavy atom. The quantitative estimate of drug-likeness (QED) is 0.689. The number of hydrogen-bond donors (Lipinski definition) is 1. The summed E-state index contributed by atoms with van der Waals surface area (Å²) in [7, 11) is 1.31. The molecule has 0 aliphatic carbocycles. The third-order valence-corrected chi connectivity index (χ3v) is 4.65. The molecule has 0 aliphatic rings. The number of nitrogens with one attached hydrogen (secondary N) is 1. The van der Waals surface area contributed by atoms with Crippen LogP contribution in [0.5, 0.6) is 0 Å². The highest BCUT2D eigenvalue weighted by atomic mass is 16.5. The second-order valence-corrected chi connectivity index (χ2v) is 6.48. The van der Waals surface area contributed by atoms with Gasteiger partial charge in [0.05, 0.1) is 29.9 Å². The Labute approximate surface area is 162 Å². The molecular weight excluding hydrogens is 358 g/mol. The van der Waals surface area contributed by atoms with Crippen molar-refractivity contribution < 1.29 is 14.3 Å². The van der Waals surface area contributed by atoms with Crippen molar-refractivity contribution in [2.75, 3.05) is 12.4 Å². The summed E-state index contributed by atoms with van der Waals surface area (Å²) in [6.07, 6.45) is 1.56. The molecule has 7 heteroatoms. The second-order valence-electron chi connectivity index (χ2n) is 6.48. The van der Waals surface area contributed by atoms with Crippen molar-refractivity contribution in [3.63, 3.8) is 0 Å². The van der Waals surface area contributed by atoms with Gasteiger partial charge in [-0.05, 0) is 43.2 Å². The number of fused-ring (bicyclic) bond motifs is 1. The summed E-state index contributed by atoms with van der Waals surface area (Å²) in [6, 6.07) is 10.5. The molecule has 0 aliphatic heterocycles. The average molecular weight is 379 g/mol. The van der Waals surface area contributed by atoms with Crippen molar-refractivity contribution >= 4 is 28.5 Å². The Bertz CT molecular complexity index is 1120. The molecule has 7 nitrogen and oxygen atoms in total. The van der Waals surface area contributed by atoms with Crippen LogP contribution in [-0.4, -0.2) is 28.5 Å². The van der Waals surface area contributed by atoms with Crippen molar-refractivity contribution in [2.45, 2.75) is 26.8 Å². The molecule has 0 saturated heterocycles. The number of rotatable bonds is 5. The van der Waals surface area contributed by atoms with E-state index in [0.29, 0.717) is 27.7 Å². The van der Waals surface area contributed by atoms with Gasteiger partial charge >= 0.3 is 5.97 Å². The third-order valence-electron chi connectivity index (χ3n) is 4.65. The summed E-state index contributed by atoms with van der Waals surface area (Å²) in [6.45, 7) is 3.84. The van der Waals surface area contributed by atoms with Crippen LogP contribution in [0, 0.1) is 13.8 Å². The first-order chi connectivity index (χ1) is 13.4. The molecule has 0 radical (unpaired) electrons. The molecule has 0 bridgehead atoms. The maximum Gasteiger partial charge on any atom is 0.338 e. The lowest BCUT2D eigenvalue weighted by atomic mass is 10.1. The summed E-state index contributed by atoms with van der Waals surface area (Å²) in [5.41, 5.74) is 2.98. The fraction of sp³-hybridized carbons (Fsp3) is 0.238. The molecule has 1 aromatic heterocycles. The highest BCUT2D eigenvalue weighted by Gasteiger charge is 2.14. The number of aromatic nitrogens is 2. The van der Waals surface area contributed by atoms with Crippen molar-refractivity contribution in [1.29, 1.82) is 0 Å². The van der Waals surface area contributed by atoms with Gasteiger partial charge in [-0.1, -0.05) is 18.2 Å². The van der Waals surface area contributed by atoms with E-state index in [2.05, 4.69) is 10.3 Å². The number of anilines is 1. The number of benzene rings is 2. The number of carbonyl (C=O) groups is 2. The molecular formula is C21H21N3O4. The molecule has 144 valence electrons. The highest BCUT2D eigenvalue weighted by molar-refractivity contribution is 5.96. The molecule has 0 unspecified atom stereocenters. The number of carbonyl (C=O) groups excluding carboxylic acids is 2. The lowest BCUT2D eigenvalue weighted by molar-refractivity contribution is -0.116. The lowest BCUT2D eigenvalue weighted by Gasteiger charge is -2.12. The van der Waals surface area contributed by atoms with Crippen LogP contribution in [0.4, 0.5) is 5.69 Å². The first-order valence-electron chi connectivity index (χ1n) is 8.85. The summed E-state index contributed by atoms with van der Waals surface area (Å²) in [4.78, 5) is 41.1. The predicted molar refractivity (Wildman–Crippen MR) is 107 cm³/mol. The van der Waals surface area contributed by atoms with Crippen LogP contribution in [0.2, 0.25) is 0 Å². The maximum absolute atomic E-state index is 12.6. The third kappa shape index (κ3) is 3.78. The van der Waals surface area contributed by atoms with E-state index in [1.165, 1.54) is 18.0 Å². The van der Waals surface area contributed by atoms with Crippen LogP contribution in [0.15, 0.2) is 47.5 Å². The molecule has 1 amide bonds. The van der Waals surface area contributed by atoms with Crippen molar-refractivity contribution in [3.8, 4) is 0 Å². The molecule has 2 aromatic carbocycles. The average Bonchev–Trinajstić information content (AvgIpc) is 2.69. The summed E-state index contributed by atoms with van der Waals surface area (Å²) >= 11 is 0. The number of para-hydroxylation sites is 1. The van der Waals surface area contributed by atoms with Gasteiger partial charge in [0.25, 0.3) is 5.56 Å². The summed E-state index contributed by atoms with van der Waals surface area (Å²) in [5, 5.41) is 3.32. The van der Waals surface area contributed by atoms with E-state index in [-0.39, 0.29) is 24.4 Å². The Morgan fingerprint density at radius 3 is 2.64 bits per heavy atom. The highest BCUT2D eigenvalue weighted by Crippen LogP contribution is 2.20. The number of nitrogens with zero attached hydrogens (tertiary/aromatic N) is 2. The van der Waals surface area contributed by atoms with Crippen molar-refractivity contribution in [1.82, 2.24) is 9.55 Å². The van der Waals surface area contributed by atoms with E-state index in [9.17, 15) is 14.4 Å². The molecule has 0 saturated carbocycles. The molecule has 3 rings (SSSR count). The van der Waals surface area contributed by atoms with Gasteiger partial charge in [-0.15, -0.1) is 0 Å². The van der Waals surface area contributed by atoms with E-state index in [4.69, 9.17) is 4.74 Å². The predicted octanol–water partition coefficient (Wildman–Crippen LogP) is 2.83. The van der Waals surface area contributed by atoms with Crippen LogP contribution in [0.3, 0.4) is 0 Å². The van der Waals surface area contributed by atoms with Gasteiger partial charge in [-0.2, -0.15) is 0 Å². The van der Waals surface area contributed by atoms with E-state index < -0.39 is 5.97 Å². The van der Waals surface area contributed by atoms with Crippen molar-refractivity contribution in [2.24, 2.45) is 0 Å². The molecule has 3 aromatic rings. The van der Waals surface area contributed by atoms with E-state index in [1.54, 1.807) is 31.2 Å². The monoisotopic (exact) mass is 379 g/mol. The fourth-order valence-corrected chi connectivity index (χ4v) is 3.03. The number of methoxy groups -OCH3 is 1. The van der Waals surface area contributed by atoms with E-state index in [1.807, 2.05) is 19.1 Å². The van der Waals surface area contributed by atoms with Crippen LogP contribution in [-0.2, 0) is 16.1 Å². The first kappa shape index (κ1) is 19.3. The fourth-order valence-electron chi connectivity index (χ4n) is 3.03. The summed E-state index contributed by atoms with van der Waals surface area (Å²) < 4.78 is 6.17. The first-order valence-corrected chi connectivity index (χ1v) is 8.85. The van der Waals surface area contributed by atoms with Gasteiger partial charge in [-0.3, -0.25) is 14.2 Å². The number of hydrogen-bond acceptors (Lipinski definition) is 5. The normalized spacial score (nSPS) is 10.7. The molecule has 28 heavy (non-hydrogen) atoms. The van der Waals surface area contributed by atoms with Crippen LogP contribution < -0.4 is 10.9 Å². The van der Waals surface area contributed by atoms with Gasteiger partial charge < -0.3 is 10.1 Å². The van der Waals surface area contributed by atoms with E-state index in [0.717, 1.165) is 5.56 Å². The van der Waals surface area contributed by atoms with Gasteiger partial charge in [0.15, 0.2) is 0 Å². The van der Waals surface area contributed by atoms with Gasteiger partial charge in [0.2, 0.25) is 5.91 Å². The Kier molecular flexibility index (Phi) is 5.54. The standard InChI is InChI=1S/C21H21N3O4/c1-13-6-4-8-16-19(13)22-12-24(20(16)26)11-10-18(25)23-17-9-5-7-15(14(17)2)21(27)28-3/h4-9,12H,10-11H2,1-3H3,(H,23,25). The SMILES string of the molecule is COC(=O)c1cccc(NC(=O)CCn2cnc3c(C)cccc3c2=O)c1C. The minimum absolute atomic E-state index is 0.0980. The number of amides is 1. The largest absolute Gasteiger partial charge is 0.465 e. The minimum atomic E-state index is -0.460. The Balaban J connectivity index is 1.74. The van der Waals surface area contributed by atoms with Gasteiger partial charge in [0.1, 0.15) is 0 Å². The van der Waals surface area contributed by atoms with Crippen LogP contribution >= 0.6 is 0 Å². The van der Waals surface area contributed by atoms with Gasteiger partial charge in [0, 0.05) is 18.7 Å². The molecule has 1 heterocycles. The summed E-state index contributed by atoms with van der Waals surface area (Å²) in [5.74, 6) is -0.723. The minimum Gasteiger partial charge on any atom is -0.465 e. The Morgan fingerprint density at radius 1 is 1.14 bits per heavy atom. The molecule has 0 fully saturated rings.